The Morgan fingerprint density at radius 2 is 2.16 bits per heavy atom. The molecule has 31 heavy (non-hydrogen) atoms. The Labute approximate surface area is 188 Å². The minimum absolute atomic E-state index is 0.0486. The number of thioether (sulfide) groups is 1. The highest BCUT2D eigenvalue weighted by Crippen LogP contribution is 2.42. The van der Waals surface area contributed by atoms with Crippen LogP contribution in [0.2, 0.25) is 0 Å². The number of nitrogens with zero attached hydrogens (tertiary/aromatic N) is 3. The van der Waals surface area contributed by atoms with Crippen LogP contribution in [-0.4, -0.2) is 26.6 Å². The fourth-order valence-electron chi connectivity index (χ4n) is 4.20. The molecule has 1 aliphatic rings. The van der Waals surface area contributed by atoms with Gasteiger partial charge in [-0.05, 0) is 54.9 Å². The summed E-state index contributed by atoms with van der Waals surface area (Å²) in [4.78, 5) is 27.5. The topological polar surface area (TPSA) is 80.9 Å². The summed E-state index contributed by atoms with van der Waals surface area (Å²) in [6, 6.07) is 3.66. The maximum atomic E-state index is 12.3. The molecule has 0 bridgehead atoms. The van der Waals surface area contributed by atoms with E-state index in [0.717, 1.165) is 45.1 Å². The number of thiophene rings is 1. The van der Waals surface area contributed by atoms with E-state index in [2.05, 4.69) is 29.1 Å². The van der Waals surface area contributed by atoms with E-state index in [0.29, 0.717) is 18.2 Å². The number of carbonyl (C=O) groups excluding carboxylic acids is 1. The molecule has 4 heterocycles. The quantitative estimate of drug-likeness (QED) is 0.316. The van der Waals surface area contributed by atoms with Gasteiger partial charge in [0.1, 0.15) is 21.9 Å². The molecule has 0 spiro atoms. The number of furan rings is 1. The van der Waals surface area contributed by atoms with Crippen molar-refractivity contribution in [3.63, 3.8) is 0 Å². The van der Waals surface area contributed by atoms with E-state index >= 15 is 0 Å². The molecular weight excluding hydrogens is 428 g/mol. The highest BCUT2D eigenvalue weighted by molar-refractivity contribution is 8.00. The Hall–Kier alpha value is -2.45. The number of aryl methyl sites for hydroxylation is 1. The Kier molecular flexibility index (Phi) is 5.67. The van der Waals surface area contributed by atoms with E-state index in [4.69, 9.17) is 9.40 Å². The summed E-state index contributed by atoms with van der Waals surface area (Å²) in [6.45, 7) is 4.88. The zero-order chi connectivity index (χ0) is 21.4. The number of rotatable bonds is 7. The third kappa shape index (κ3) is 4.06. The summed E-state index contributed by atoms with van der Waals surface area (Å²) in [5, 5.41) is 4.93. The van der Waals surface area contributed by atoms with E-state index in [1.54, 1.807) is 23.9 Å². The van der Waals surface area contributed by atoms with Gasteiger partial charge in [0.25, 0.3) is 0 Å². The Balaban J connectivity index is 1.43. The third-order valence-electron chi connectivity index (χ3n) is 5.51. The lowest BCUT2D eigenvalue weighted by atomic mass is 9.99. The summed E-state index contributed by atoms with van der Waals surface area (Å²) < 4.78 is 6.29. The van der Waals surface area contributed by atoms with Crippen molar-refractivity contribution in [2.45, 2.75) is 51.1 Å². The number of carbonyl (C=O) groups is 1. The number of pyridine rings is 1. The van der Waals surface area contributed by atoms with E-state index in [1.807, 2.05) is 12.1 Å². The van der Waals surface area contributed by atoms with Crippen LogP contribution in [0.1, 0.15) is 42.8 Å². The highest BCUT2D eigenvalue weighted by atomic mass is 32.2. The number of nitrogens with one attached hydrogen (secondary N) is 1. The van der Waals surface area contributed by atoms with Gasteiger partial charge in [-0.25, -0.2) is 15.0 Å². The molecule has 4 aromatic rings. The van der Waals surface area contributed by atoms with Gasteiger partial charge in [-0.15, -0.1) is 11.3 Å². The fraction of sp³-hybridized carbons (Fsp3) is 0.391. The average Bonchev–Trinajstić information content (AvgIpc) is 3.49. The third-order valence-corrected chi connectivity index (χ3v) is 7.70. The van der Waals surface area contributed by atoms with E-state index in [-0.39, 0.29) is 5.91 Å². The van der Waals surface area contributed by atoms with Gasteiger partial charge in [0.2, 0.25) is 5.91 Å². The van der Waals surface area contributed by atoms with Crippen molar-refractivity contribution < 1.29 is 9.21 Å². The molecule has 4 aromatic heterocycles. The Morgan fingerprint density at radius 3 is 2.97 bits per heavy atom. The van der Waals surface area contributed by atoms with Crippen LogP contribution < -0.4 is 5.32 Å². The van der Waals surface area contributed by atoms with Gasteiger partial charge in [-0.1, -0.05) is 25.6 Å². The number of amides is 1. The molecule has 1 N–H and O–H groups in total. The number of hydrogen-bond donors (Lipinski definition) is 1. The van der Waals surface area contributed by atoms with Crippen molar-refractivity contribution in [3.05, 3.63) is 47.3 Å². The summed E-state index contributed by atoms with van der Waals surface area (Å²) in [7, 11) is 0. The van der Waals surface area contributed by atoms with E-state index in [1.165, 1.54) is 40.4 Å². The molecule has 0 fully saturated rings. The lowest BCUT2D eigenvalue weighted by molar-refractivity contribution is -0.118. The van der Waals surface area contributed by atoms with Crippen LogP contribution in [0.5, 0.6) is 0 Å². The van der Waals surface area contributed by atoms with Gasteiger partial charge in [-0.3, -0.25) is 4.79 Å². The van der Waals surface area contributed by atoms with Gasteiger partial charge in [-0.2, -0.15) is 0 Å². The smallest absolute Gasteiger partial charge is 0.230 e. The molecule has 5 rings (SSSR count). The van der Waals surface area contributed by atoms with Gasteiger partial charge in [0, 0.05) is 11.1 Å². The molecule has 8 heteroatoms. The number of fused-ring (bicyclic) bond motifs is 5. The molecule has 1 aliphatic carbocycles. The van der Waals surface area contributed by atoms with Crippen LogP contribution in [-0.2, 0) is 30.6 Å². The number of aromatic nitrogens is 3. The van der Waals surface area contributed by atoms with Crippen LogP contribution in [0.25, 0.3) is 20.4 Å². The normalized spacial score (nSPS) is 13.4. The molecule has 6 nitrogen and oxygen atoms in total. The van der Waals surface area contributed by atoms with Gasteiger partial charge >= 0.3 is 0 Å². The van der Waals surface area contributed by atoms with Gasteiger partial charge in [0.15, 0.2) is 0 Å². The average molecular weight is 453 g/mol. The van der Waals surface area contributed by atoms with Crippen molar-refractivity contribution in [2.24, 2.45) is 5.92 Å². The first-order valence-corrected chi connectivity index (χ1v) is 12.4. The predicted octanol–water partition coefficient (Wildman–Crippen LogP) is 4.93. The first kappa shape index (κ1) is 20.5. The van der Waals surface area contributed by atoms with Crippen molar-refractivity contribution in [2.75, 3.05) is 5.75 Å². The largest absolute Gasteiger partial charge is 0.467 e. The van der Waals surface area contributed by atoms with E-state index < -0.39 is 0 Å². The lowest BCUT2D eigenvalue weighted by Crippen LogP contribution is -2.24. The standard InChI is InChI=1S/C23H24N4O2S2/c1-13(2)9-17-15-6-3-7-16(15)19-20-21(31-22(19)27-17)23(26-12-25-20)30-11-18(28)24-10-14-5-4-8-29-14/h4-5,8,12-13H,3,6-7,9-11H2,1-2H3,(H,24,28). The molecule has 0 unspecified atom stereocenters. The molecule has 160 valence electrons. The summed E-state index contributed by atoms with van der Waals surface area (Å²) in [6.07, 6.45) is 7.61. The predicted molar refractivity (Wildman–Crippen MR) is 125 cm³/mol. The van der Waals surface area contributed by atoms with Crippen LogP contribution >= 0.6 is 23.1 Å². The molecular formula is C23H24N4O2S2. The molecule has 0 atom stereocenters. The van der Waals surface area contributed by atoms with E-state index in [9.17, 15) is 4.79 Å². The molecule has 0 radical (unpaired) electrons. The van der Waals surface area contributed by atoms with Crippen LogP contribution in [0.4, 0.5) is 0 Å². The minimum atomic E-state index is -0.0486. The summed E-state index contributed by atoms with van der Waals surface area (Å²) in [5.74, 6) is 1.57. The monoisotopic (exact) mass is 452 g/mol. The maximum Gasteiger partial charge on any atom is 0.230 e. The molecule has 0 aliphatic heterocycles. The molecule has 0 aromatic carbocycles. The molecule has 1 amide bonds. The first-order chi connectivity index (χ1) is 15.1. The Morgan fingerprint density at radius 1 is 1.29 bits per heavy atom. The fourth-order valence-corrected chi connectivity index (χ4v) is 6.28. The second-order valence-electron chi connectivity index (χ2n) is 8.25. The molecule has 0 saturated heterocycles. The Bertz CT molecular complexity index is 1250. The highest BCUT2D eigenvalue weighted by Gasteiger charge is 2.24. The second-order valence-corrected chi connectivity index (χ2v) is 10.2. The first-order valence-electron chi connectivity index (χ1n) is 10.6. The van der Waals surface area contributed by atoms with Crippen molar-refractivity contribution in [1.82, 2.24) is 20.3 Å². The molecule has 0 saturated carbocycles. The van der Waals surface area contributed by atoms with Crippen LogP contribution in [0.3, 0.4) is 0 Å². The van der Waals surface area contributed by atoms with Crippen LogP contribution in [0, 0.1) is 5.92 Å². The zero-order valence-electron chi connectivity index (χ0n) is 17.6. The maximum absolute atomic E-state index is 12.3. The lowest BCUT2D eigenvalue weighted by Gasteiger charge is -2.11. The minimum Gasteiger partial charge on any atom is -0.467 e. The second kappa shape index (κ2) is 8.59. The number of hydrogen-bond acceptors (Lipinski definition) is 7. The van der Waals surface area contributed by atoms with Crippen molar-refractivity contribution >= 4 is 49.4 Å². The van der Waals surface area contributed by atoms with Crippen molar-refractivity contribution in [1.29, 1.82) is 0 Å². The summed E-state index contributed by atoms with van der Waals surface area (Å²) in [5.41, 5.74) is 5.10. The van der Waals surface area contributed by atoms with Gasteiger partial charge < -0.3 is 9.73 Å². The SMILES string of the molecule is CC(C)Cc1nc2sc3c(SCC(=O)NCc4ccco4)ncnc3c2c2c1CCC2. The van der Waals surface area contributed by atoms with Gasteiger partial charge in [0.05, 0.1) is 28.8 Å². The van der Waals surface area contributed by atoms with Crippen molar-refractivity contribution in [3.8, 4) is 0 Å². The van der Waals surface area contributed by atoms with Crippen LogP contribution in [0.15, 0.2) is 34.2 Å². The zero-order valence-corrected chi connectivity index (χ0v) is 19.2. The summed E-state index contributed by atoms with van der Waals surface area (Å²) >= 11 is 3.10.